The van der Waals surface area contributed by atoms with Gasteiger partial charge in [-0.1, -0.05) is 11.5 Å². The Labute approximate surface area is 161 Å². The Kier molecular flexibility index (Phi) is 3.68. The van der Waals surface area contributed by atoms with Gasteiger partial charge in [0.25, 0.3) is 0 Å². The number of hydrogen-bond acceptors (Lipinski definition) is 5. The molecular formula is C21H32N4O2. The van der Waals surface area contributed by atoms with Crippen molar-refractivity contribution < 1.29 is 9.84 Å². The number of piperidine rings is 1. The second kappa shape index (κ2) is 5.93. The lowest BCUT2D eigenvalue weighted by Crippen LogP contribution is -2.69. The van der Waals surface area contributed by atoms with Crippen molar-refractivity contribution in [3.8, 4) is 6.01 Å². The van der Waals surface area contributed by atoms with Crippen LogP contribution in [0.5, 0.6) is 6.01 Å². The van der Waals surface area contributed by atoms with Gasteiger partial charge in [-0.15, -0.1) is 5.10 Å². The molecule has 5 unspecified atom stereocenters. The van der Waals surface area contributed by atoms with Crippen LogP contribution in [0.15, 0.2) is 0 Å². The number of likely N-dealkylation sites (tertiary alicyclic amines) is 1. The zero-order chi connectivity index (χ0) is 18.1. The summed E-state index contributed by atoms with van der Waals surface area (Å²) in [7, 11) is 0. The van der Waals surface area contributed by atoms with Crippen LogP contribution in [0, 0.1) is 23.2 Å². The highest BCUT2D eigenvalue weighted by Gasteiger charge is 2.86. The molecule has 2 heterocycles. The van der Waals surface area contributed by atoms with Crippen LogP contribution in [-0.4, -0.2) is 57.6 Å². The molecule has 1 spiro atoms. The van der Waals surface area contributed by atoms with Crippen molar-refractivity contribution in [1.82, 2.24) is 19.7 Å². The van der Waals surface area contributed by atoms with E-state index in [1.54, 1.807) is 0 Å². The van der Waals surface area contributed by atoms with Crippen molar-refractivity contribution >= 4 is 0 Å². The molecule has 5 aliphatic carbocycles. The van der Waals surface area contributed by atoms with Gasteiger partial charge in [0.2, 0.25) is 0 Å². The fourth-order valence-corrected chi connectivity index (χ4v) is 7.77. The maximum absolute atomic E-state index is 9.38. The fraction of sp³-hybridized carbons (Fsp3) is 0.905. The van der Waals surface area contributed by atoms with E-state index in [2.05, 4.69) is 19.7 Å². The summed E-state index contributed by atoms with van der Waals surface area (Å²) in [5.41, 5.74) is 0.984. The van der Waals surface area contributed by atoms with Gasteiger partial charge in [-0.05, 0) is 81.2 Å². The molecule has 27 heavy (non-hydrogen) atoms. The quantitative estimate of drug-likeness (QED) is 0.758. The van der Waals surface area contributed by atoms with Gasteiger partial charge in [0.1, 0.15) is 12.4 Å². The SMILES string of the molecule is OCCCn1c(OCCN2CCCCC2)nnc1C12CC3CC4CC1C43C2. The Morgan fingerprint density at radius 3 is 2.70 bits per heavy atom. The van der Waals surface area contributed by atoms with Gasteiger partial charge < -0.3 is 9.84 Å². The monoisotopic (exact) mass is 372 g/mol. The van der Waals surface area contributed by atoms with Crippen molar-refractivity contribution in [2.45, 2.75) is 63.3 Å². The first-order valence-electron chi connectivity index (χ1n) is 11.2. The molecule has 6 nitrogen and oxygen atoms in total. The summed E-state index contributed by atoms with van der Waals surface area (Å²) in [5, 5.41) is 18.5. The molecule has 1 saturated heterocycles. The highest BCUT2D eigenvalue weighted by Crippen LogP contribution is 2.90. The molecule has 6 heteroatoms. The minimum atomic E-state index is 0.204. The molecule has 7 rings (SSSR count). The average Bonchev–Trinajstić information content (AvgIpc) is 3.20. The van der Waals surface area contributed by atoms with Crippen molar-refractivity contribution in [1.29, 1.82) is 0 Å². The lowest BCUT2D eigenvalue weighted by atomic mass is 9.30. The minimum Gasteiger partial charge on any atom is -0.462 e. The lowest BCUT2D eigenvalue weighted by molar-refractivity contribution is -0.238. The normalized spacial score (nSPS) is 41.4. The first kappa shape index (κ1) is 16.8. The minimum absolute atomic E-state index is 0.204. The van der Waals surface area contributed by atoms with Crippen molar-refractivity contribution in [2.75, 3.05) is 32.8 Å². The van der Waals surface area contributed by atoms with Crippen molar-refractivity contribution in [3.05, 3.63) is 5.82 Å². The molecule has 148 valence electrons. The Morgan fingerprint density at radius 1 is 1.07 bits per heavy atom. The maximum Gasteiger partial charge on any atom is 0.317 e. The van der Waals surface area contributed by atoms with E-state index in [4.69, 9.17) is 4.74 Å². The molecule has 2 bridgehead atoms. The van der Waals surface area contributed by atoms with E-state index in [9.17, 15) is 5.11 Å². The molecule has 0 aromatic carbocycles. The van der Waals surface area contributed by atoms with Gasteiger partial charge in [-0.2, -0.15) is 0 Å². The second-order valence-corrected chi connectivity index (χ2v) is 9.85. The van der Waals surface area contributed by atoms with Gasteiger partial charge in [0.15, 0.2) is 0 Å². The smallest absolute Gasteiger partial charge is 0.317 e. The molecular weight excluding hydrogens is 340 g/mol. The summed E-state index contributed by atoms with van der Waals surface area (Å²) < 4.78 is 8.34. The number of rotatable bonds is 8. The molecule has 1 aromatic rings. The first-order valence-corrected chi connectivity index (χ1v) is 11.2. The third-order valence-electron chi connectivity index (χ3n) is 8.95. The van der Waals surface area contributed by atoms with Gasteiger partial charge in [-0.25, -0.2) is 0 Å². The first-order chi connectivity index (χ1) is 13.3. The maximum atomic E-state index is 9.38. The lowest BCUT2D eigenvalue weighted by Gasteiger charge is -2.74. The zero-order valence-electron chi connectivity index (χ0n) is 16.3. The van der Waals surface area contributed by atoms with Gasteiger partial charge in [-0.3, -0.25) is 9.47 Å². The van der Waals surface area contributed by atoms with Crippen LogP contribution in [0.25, 0.3) is 0 Å². The Bertz CT molecular complexity index is 726. The highest BCUT2D eigenvalue weighted by molar-refractivity contribution is 5.41. The van der Waals surface area contributed by atoms with Crippen LogP contribution in [0.2, 0.25) is 0 Å². The zero-order valence-corrected chi connectivity index (χ0v) is 16.3. The molecule has 6 aliphatic rings. The molecule has 6 fully saturated rings. The predicted molar refractivity (Wildman–Crippen MR) is 101 cm³/mol. The van der Waals surface area contributed by atoms with Crippen molar-refractivity contribution in [2.24, 2.45) is 23.2 Å². The van der Waals surface area contributed by atoms with Crippen LogP contribution in [0.3, 0.4) is 0 Å². The van der Waals surface area contributed by atoms with Gasteiger partial charge in [0.05, 0.1) is 0 Å². The molecule has 1 aliphatic heterocycles. The molecule has 0 radical (unpaired) electrons. The standard InChI is InChI=1S/C21H32N4O2/c26-9-4-7-25-18(20-13-16-11-15-12-17(20)21(15,16)14-20)22-23-19(25)27-10-8-24-5-2-1-3-6-24/h15-17,26H,1-14H2. The predicted octanol–water partition coefficient (Wildman–Crippen LogP) is 2.21. The van der Waals surface area contributed by atoms with E-state index in [0.717, 1.165) is 37.3 Å². The highest BCUT2D eigenvalue weighted by atomic mass is 16.5. The van der Waals surface area contributed by atoms with Crippen LogP contribution < -0.4 is 4.74 Å². The number of hydrogen-bond donors (Lipinski definition) is 1. The number of ether oxygens (including phenoxy) is 1. The number of aliphatic hydroxyl groups excluding tert-OH is 1. The van der Waals surface area contributed by atoms with E-state index in [0.29, 0.717) is 18.0 Å². The third kappa shape index (κ3) is 2.09. The van der Waals surface area contributed by atoms with Gasteiger partial charge >= 0.3 is 6.01 Å². The largest absolute Gasteiger partial charge is 0.462 e. The summed E-state index contributed by atoms with van der Waals surface area (Å²) in [5.74, 6) is 4.00. The summed E-state index contributed by atoms with van der Waals surface area (Å²) in [6.45, 7) is 5.02. The number of aliphatic hydroxyl groups is 1. The van der Waals surface area contributed by atoms with Crippen LogP contribution in [-0.2, 0) is 12.0 Å². The average molecular weight is 373 g/mol. The Morgan fingerprint density at radius 2 is 1.96 bits per heavy atom. The van der Waals surface area contributed by atoms with Crippen LogP contribution in [0.4, 0.5) is 0 Å². The van der Waals surface area contributed by atoms with E-state index < -0.39 is 0 Å². The van der Waals surface area contributed by atoms with Crippen LogP contribution >= 0.6 is 0 Å². The summed E-state index contributed by atoms with van der Waals surface area (Å²) in [6.07, 6.45) is 10.3. The fourth-order valence-electron chi connectivity index (χ4n) is 7.77. The van der Waals surface area contributed by atoms with Crippen LogP contribution in [0.1, 0.15) is 57.2 Å². The van der Waals surface area contributed by atoms with E-state index in [1.165, 1.54) is 63.9 Å². The summed E-state index contributed by atoms with van der Waals surface area (Å²) in [4.78, 5) is 2.50. The molecule has 5 saturated carbocycles. The molecule has 1 N–H and O–H groups in total. The van der Waals surface area contributed by atoms with E-state index in [1.807, 2.05) is 0 Å². The van der Waals surface area contributed by atoms with Gasteiger partial charge in [0, 0.05) is 25.1 Å². The Hall–Kier alpha value is -1.14. The number of nitrogens with zero attached hydrogens (tertiary/aromatic N) is 4. The summed E-state index contributed by atoms with van der Waals surface area (Å²) >= 11 is 0. The number of aromatic nitrogens is 3. The topological polar surface area (TPSA) is 63.4 Å². The van der Waals surface area contributed by atoms with Crippen molar-refractivity contribution in [3.63, 3.8) is 0 Å². The molecule has 1 aromatic heterocycles. The molecule has 5 atom stereocenters. The summed E-state index contributed by atoms with van der Waals surface area (Å²) in [6, 6.07) is 0.681. The van der Waals surface area contributed by atoms with E-state index >= 15 is 0 Å². The Balaban J connectivity index is 1.19. The second-order valence-electron chi connectivity index (χ2n) is 9.85. The molecule has 0 amide bonds. The third-order valence-corrected chi connectivity index (χ3v) is 8.95. The van der Waals surface area contributed by atoms with E-state index in [-0.39, 0.29) is 12.0 Å².